The normalized spacial score (nSPS) is 11.4. The number of hydrogen-bond donors (Lipinski definition) is 0. The van der Waals surface area contributed by atoms with Crippen LogP contribution in [0.15, 0.2) is 6.07 Å². The summed E-state index contributed by atoms with van der Waals surface area (Å²) in [5, 5.41) is 8.40. The predicted molar refractivity (Wildman–Crippen MR) is 44.3 cm³/mol. The average Bonchev–Trinajstić information content (AvgIpc) is 2.25. The summed E-state index contributed by atoms with van der Waals surface area (Å²) < 4.78 is 62.2. The van der Waals surface area contributed by atoms with Gasteiger partial charge in [-0.05, 0) is 6.07 Å². The minimum Gasteiger partial charge on any atom is -0.298 e. The maximum atomic E-state index is 12.5. The molecule has 1 aromatic heterocycles. The molecule has 0 aliphatic rings. The largest absolute Gasteiger partial charge is 0.419 e. The van der Waals surface area contributed by atoms with Crippen molar-refractivity contribution in [2.24, 2.45) is 0 Å². The van der Waals surface area contributed by atoms with Gasteiger partial charge in [-0.25, -0.2) is 13.8 Å². The lowest BCUT2D eigenvalue weighted by Gasteiger charge is -2.13. The number of alkyl halides is 5. The van der Waals surface area contributed by atoms with Crippen LogP contribution in [-0.4, -0.2) is 11.3 Å². The molecule has 17 heavy (non-hydrogen) atoms. The van der Waals surface area contributed by atoms with Crippen molar-refractivity contribution < 1.29 is 26.7 Å². The first kappa shape index (κ1) is 13.0. The molecule has 0 unspecified atom stereocenters. The van der Waals surface area contributed by atoms with Crippen molar-refractivity contribution in [3.8, 4) is 6.07 Å². The monoisotopic (exact) mass is 250 g/mol. The van der Waals surface area contributed by atoms with Gasteiger partial charge < -0.3 is 0 Å². The standard InChI is InChI=1S/C9H3F5N2O/c10-8(11)7-6(9(12,13)14)4(3-17)1-5(2-15)16-7/h1,3,8H. The van der Waals surface area contributed by atoms with Gasteiger partial charge in [0, 0.05) is 5.56 Å². The van der Waals surface area contributed by atoms with Gasteiger partial charge in [-0.1, -0.05) is 0 Å². The van der Waals surface area contributed by atoms with Crippen LogP contribution >= 0.6 is 0 Å². The molecule has 0 atom stereocenters. The van der Waals surface area contributed by atoms with Gasteiger partial charge in [0.1, 0.15) is 17.5 Å². The lowest BCUT2D eigenvalue weighted by Crippen LogP contribution is -2.15. The SMILES string of the molecule is N#Cc1cc(C=O)c(C(F)(F)F)c(C(F)F)n1. The Hall–Kier alpha value is -2.04. The molecule has 0 spiro atoms. The highest BCUT2D eigenvalue weighted by atomic mass is 19.4. The van der Waals surface area contributed by atoms with E-state index in [9.17, 15) is 26.7 Å². The van der Waals surface area contributed by atoms with Gasteiger partial charge >= 0.3 is 6.18 Å². The fourth-order valence-corrected chi connectivity index (χ4v) is 1.20. The molecular formula is C9H3F5N2O. The number of carbonyl (C=O) groups is 1. The van der Waals surface area contributed by atoms with Gasteiger partial charge in [-0.3, -0.25) is 4.79 Å². The third-order valence-electron chi connectivity index (χ3n) is 1.81. The lowest BCUT2D eigenvalue weighted by atomic mass is 10.1. The van der Waals surface area contributed by atoms with Crippen molar-refractivity contribution in [2.75, 3.05) is 0 Å². The Kier molecular flexibility index (Phi) is 3.41. The van der Waals surface area contributed by atoms with Gasteiger partial charge in [0.05, 0.1) is 5.56 Å². The summed E-state index contributed by atoms with van der Waals surface area (Å²) in [6, 6.07) is 1.82. The third kappa shape index (κ3) is 2.55. The van der Waals surface area contributed by atoms with Crippen LogP contribution in [0, 0.1) is 11.3 Å². The van der Waals surface area contributed by atoms with Crippen LogP contribution in [0.1, 0.15) is 33.7 Å². The zero-order valence-electron chi connectivity index (χ0n) is 7.92. The maximum Gasteiger partial charge on any atom is 0.419 e. The van der Waals surface area contributed by atoms with E-state index >= 15 is 0 Å². The molecule has 0 saturated carbocycles. The second-order valence-electron chi connectivity index (χ2n) is 2.89. The third-order valence-corrected chi connectivity index (χ3v) is 1.81. The highest BCUT2D eigenvalue weighted by Gasteiger charge is 2.39. The van der Waals surface area contributed by atoms with E-state index in [-0.39, 0.29) is 6.29 Å². The molecule has 0 fully saturated rings. The molecule has 3 nitrogen and oxygen atoms in total. The van der Waals surface area contributed by atoms with Crippen molar-refractivity contribution in [1.29, 1.82) is 5.26 Å². The van der Waals surface area contributed by atoms with E-state index in [1.165, 1.54) is 6.07 Å². The smallest absolute Gasteiger partial charge is 0.298 e. The van der Waals surface area contributed by atoms with Crippen LogP contribution in [-0.2, 0) is 6.18 Å². The number of aromatic nitrogens is 1. The zero-order valence-corrected chi connectivity index (χ0v) is 7.92. The van der Waals surface area contributed by atoms with Crippen LogP contribution in [0.5, 0.6) is 0 Å². The molecule has 8 heteroatoms. The highest BCUT2D eigenvalue weighted by molar-refractivity contribution is 5.78. The van der Waals surface area contributed by atoms with Crippen LogP contribution in [0.4, 0.5) is 22.0 Å². The van der Waals surface area contributed by atoms with Crippen molar-refractivity contribution in [3.63, 3.8) is 0 Å². The lowest BCUT2D eigenvalue weighted by molar-refractivity contribution is -0.140. The second-order valence-corrected chi connectivity index (χ2v) is 2.89. The zero-order chi connectivity index (χ0) is 13.2. The van der Waals surface area contributed by atoms with Gasteiger partial charge in [0.25, 0.3) is 6.43 Å². The number of nitrogens with zero attached hydrogens (tertiary/aromatic N) is 2. The first-order valence-corrected chi connectivity index (χ1v) is 4.06. The van der Waals surface area contributed by atoms with E-state index < -0.39 is 35.1 Å². The summed E-state index contributed by atoms with van der Waals surface area (Å²) in [7, 11) is 0. The number of rotatable bonds is 2. The van der Waals surface area contributed by atoms with Crippen LogP contribution in [0.2, 0.25) is 0 Å². The van der Waals surface area contributed by atoms with Crippen LogP contribution in [0.25, 0.3) is 0 Å². The average molecular weight is 250 g/mol. The van der Waals surface area contributed by atoms with Crippen LogP contribution in [0.3, 0.4) is 0 Å². The van der Waals surface area contributed by atoms with Gasteiger partial charge in [-0.2, -0.15) is 18.4 Å². The fraction of sp³-hybridized carbons (Fsp3) is 0.222. The number of halogens is 5. The van der Waals surface area contributed by atoms with Crippen molar-refractivity contribution >= 4 is 6.29 Å². The molecule has 0 radical (unpaired) electrons. The van der Waals surface area contributed by atoms with E-state index in [0.29, 0.717) is 6.07 Å². The minimum absolute atomic E-state index is 0.239. The Morgan fingerprint density at radius 3 is 2.35 bits per heavy atom. The van der Waals surface area contributed by atoms with Crippen molar-refractivity contribution in [3.05, 3.63) is 28.6 Å². The molecule has 0 saturated heterocycles. The Bertz CT molecular complexity index is 489. The van der Waals surface area contributed by atoms with Crippen molar-refractivity contribution in [1.82, 2.24) is 4.98 Å². The van der Waals surface area contributed by atoms with Crippen molar-refractivity contribution in [2.45, 2.75) is 12.6 Å². The molecule has 0 amide bonds. The maximum absolute atomic E-state index is 12.5. The summed E-state index contributed by atoms with van der Waals surface area (Å²) in [4.78, 5) is 13.3. The molecular weight excluding hydrogens is 247 g/mol. The number of hydrogen-bond acceptors (Lipinski definition) is 3. The van der Waals surface area contributed by atoms with E-state index in [1.54, 1.807) is 0 Å². The minimum atomic E-state index is -5.14. The Labute approximate surface area is 91.5 Å². The molecule has 0 aliphatic carbocycles. The number of carbonyl (C=O) groups excluding carboxylic acids is 1. The molecule has 0 N–H and O–H groups in total. The predicted octanol–water partition coefficient (Wildman–Crippen LogP) is 2.72. The quantitative estimate of drug-likeness (QED) is 0.599. The van der Waals surface area contributed by atoms with Gasteiger partial charge in [0.2, 0.25) is 0 Å². The first-order chi connectivity index (χ1) is 7.81. The summed E-state index contributed by atoms with van der Waals surface area (Å²) in [6.45, 7) is 0. The van der Waals surface area contributed by atoms with Crippen LogP contribution < -0.4 is 0 Å². The molecule has 0 aliphatic heterocycles. The topological polar surface area (TPSA) is 53.8 Å². The Morgan fingerprint density at radius 1 is 1.41 bits per heavy atom. The first-order valence-electron chi connectivity index (χ1n) is 4.06. The number of aldehydes is 1. The molecule has 1 aromatic rings. The van der Waals surface area contributed by atoms with E-state index in [1.807, 2.05) is 0 Å². The van der Waals surface area contributed by atoms with E-state index in [4.69, 9.17) is 5.26 Å². The highest BCUT2D eigenvalue weighted by Crippen LogP contribution is 2.37. The number of nitriles is 1. The Balaban J connectivity index is 3.66. The second kappa shape index (κ2) is 4.45. The summed E-state index contributed by atoms with van der Waals surface area (Å²) in [6.07, 6.45) is -8.90. The number of pyridine rings is 1. The Morgan fingerprint density at radius 2 is 2.00 bits per heavy atom. The summed E-state index contributed by atoms with van der Waals surface area (Å²) >= 11 is 0. The molecule has 90 valence electrons. The van der Waals surface area contributed by atoms with E-state index in [2.05, 4.69) is 4.98 Å². The molecule has 1 rings (SSSR count). The van der Waals surface area contributed by atoms with E-state index in [0.717, 1.165) is 0 Å². The summed E-state index contributed by atoms with van der Waals surface area (Å²) in [5.74, 6) is 0. The molecule has 0 aromatic carbocycles. The van der Waals surface area contributed by atoms with Gasteiger partial charge in [-0.15, -0.1) is 0 Å². The van der Waals surface area contributed by atoms with Gasteiger partial charge in [0.15, 0.2) is 6.29 Å². The molecule has 0 bridgehead atoms. The molecule has 1 heterocycles. The fourth-order valence-electron chi connectivity index (χ4n) is 1.20. The summed E-state index contributed by atoms with van der Waals surface area (Å²) in [5.41, 5.74) is -5.12.